The van der Waals surface area contributed by atoms with Crippen LogP contribution in [0, 0.1) is 6.92 Å². The Hall–Kier alpha value is -1.37. The molecule has 0 N–H and O–H groups in total. The number of aryl methyl sites for hydroxylation is 1. The second-order valence-electron chi connectivity index (χ2n) is 3.91. The summed E-state index contributed by atoms with van der Waals surface area (Å²) in [6.07, 6.45) is 6.87. The van der Waals surface area contributed by atoms with Crippen LogP contribution in [0.25, 0.3) is 6.08 Å². The Morgan fingerprint density at radius 3 is 2.53 bits per heavy atom. The van der Waals surface area contributed by atoms with Crippen LogP contribution in [0.15, 0.2) is 30.3 Å². The molecular weight excluding hydrogens is 184 g/mol. The van der Waals surface area contributed by atoms with Gasteiger partial charge in [0.1, 0.15) is 5.78 Å². The van der Waals surface area contributed by atoms with Crippen molar-refractivity contribution in [2.75, 3.05) is 0 Å². The smallest absolute Gasteiger partial charge is 0.129 e. The van der Waals surface area contributed by atoms with Crippen molar-refractivity contribution in [1.29, 1.82) is 0 Å². The van der Waals surface area contributed by atoms with Gasteiger partial charge in [0, 0.05) is 6.42 Å². The van der Waals surface area contributed by atoms with E-state index in [4.69, 9.17) is 0 Å². The third-order valence-corrected chi connectivity index (χ3v) is 2.29. The molecule has 15 heavy (non-hydrogen) atoms. The Balaban J connectivity index is 2.32. The first-order valence-electron chi connectivity index (χ1n) is 5.41. The molecule has 80 valence electrons. The molecule has 0 atom stereocenters. The van der Waals surface area contributed by atoms with Crippen LogP contribution in [0.2, 0.25) is 0 Å². The second kappa shape index (κ2) is 6.18. The number of hydrogen-bond acceptors (Lipinski definition) is 1. The maximum absolute atomic E-state index is 10.7. The number of unbranched alkanes of at least 4 members (excludes halogenated alkanes) is 1. The lowest BCUT2D eigenvalue weighted by molar-refractivity contribution is -0.117. The molecule has 0 fully saturated rings. The monoisotopic (exact) mass is 202 g/mol. The molecule has 1 aromatic rings. The summed E-state index contributed by atoms with van der Waals surface area (Å²) in [5.74, 6) is 0.277. The van der Waals surface area contributed by atoms with Crippen LogP contribution < -0.4 is 0 Å². The van der Waals surface area contributed by atoms with Gasteiger partial charge in [-0.05, 0) is 32.3 Å². The van der Waals surface area contributed by atoms with Crippen LogP contribution >= 0.6 is 0 Å². The van der Waals surface area contributed by atoms with Gasteiger partial charge in [-0.3, -0.25) is 0 Å². The molecule has 0 aliphatic carbocycles. The van der Waals surface area contributed by atoms with Gasteiger partial charge in [0.25, 0.3) is 0 Å². The van der Waals surface area contributed by atoms with E-state index < -0.39 is 0 Å². The number of hydrogen-bond donors (Lipinski definition) is 0. The fraction of sp³-hybridized carbons (Fsp3) is 0.357. The van der Waals surface area contributed by atoms with Gasteiger partial charge >= 0.3 is 0 Å². The van der Waals surface area contributed by atoms with Crippen molar-refractivity contribution in [2.24, 2.45) is 0 Å². The standard InChI is InChI=1S/C14H18O/c1-12-8-10-14(11-9-12)7-5-3-4-6-13(2)15/h5,7-11H,3-4,6H2,1-2H3/b7-5+. The number of carbonyl (C=O) groups excluding carboxylic acids is 1. The molecule has 1 aromatic carbocycles. The van der Waals surface area contributed by atoms with E-state index in [-0.39, 0.29) is 5.78 Å². The molecule has 0 heterocycles. The summed E-state index contributed by atoms with van der Waals surface area (Å²) in [6, 6.07) is 8.43. The van der Waals surface area contributed by atoms with Crippen molar-refractivity contribution >= 4 is 11.9 Å². The van der Waals surface area contributed by atoms with Crippen molar-refractivity contribution < 1.29 is 4.79 Å². The number of allylic oxidation sites excluding steroid dienone is 1. The summed E-state index contributed by atoms with van der Waals surface area (Å²) >= 11 is 0. The first-order chi connectivity index (χ1) is 7.18. The number of ketones is 1. The Labute approximate surface area is 91.8 Å². The fourth-order valence-electron chi connectivity index (χ4n) is 1.37. The SMILES string of the molecule is CC(=O)CCC/C=C/c1ccc(C)cc1. The summed E-state index contributed by atoms with van der Waals surface area (Å²) in [4.78, 5) is 10.7. The van der Waals surface area contributed by atoms with Gasteiger partial charge in [-0.1, -0.05) is 42.0 Å². The second-order valence-corrected chi connectivity index (χ2v) is 3.91. The van der Waals surface area contributed by atoms with E-state index in [2.05, 4.69) is 43.3 Å². The van der Waals surface area contributed by atoms with E-state index in [0.29, 0.717) is 6.42 Å². The van der Waals surface area contributed by atoms with Gasteiger partial charge in [-0.2, -0.15) is 0 Å². The molecule has 1 heteroatoms. The highest BCUT2D eigenvalue weighted by Crippen LogP contribution is 2.06. The van der Waals surface area contributed by atoms with Gasteiger partial charge in [0.2, 0.25) is 0 Å². The van der Waals surface area contributed by atoms with Crippen molar-refractivity contribution in [3.05, 3.63) is 41.5 Å². The lowest BCUT2D eigenvalue weighted by Gasteiger charge is -1.95. The summed E-state index contributed by atoms with van der Waals surface area (Å²) in [6.45, 7) is 3.73. The molecule has 0 bridgehead atoms. The average Bonchev–Trinajstić information content (AvgIpc) is 2.20. The van der Waals surface area contributed by atoms with Crippen LogP contribution in [-0.2, 0) is 4.79 Å². The molecule has 0 saturated heterocycles. The summed E-state index contributed by atoms with van der Waals surface area (Å²) in [5.41, 5.74) is 2.51. The predicted molar refractivity (Wildman–Crippen MR) is 64.7 cm³/mol. The van der Waals surface area contributed by atoms with Crippen LogP contribution in [0.1, 0.15) is 37.3 Å². The highest BCUT2D eigenvalue weighted by atomic mass is 16.1. The van der Waals surface area contributed by atoms with Crippen molar-refractivity contribution in [3.63, 3.8) is 0 Å². The summed E-state index contributed by atoms with van der Waals surface area (Å²) in [5, 5.41) is 0. The first kappa shape index (κ1) is 11.7. The van der Waals surface area contributed by atoms with Crippen LogP contribution in [0.5, 0.6) is 0 Å². The Kier molecular flexibility index (Phi) is 4.82. The first-order valence-corrected chi connectivity index (χ1v) is 5.41. The molecule has 0 radical (unpaired) electrons. The van der Waals surface area contributed by atoms with Crippen molar-refractivity contribution in [3.8, 4) is 0 Å². The Morgan fingerprint density at radius 1 is 1.27 bits per heavy atom. The van der Waals surface area contributed by atoms with Gasteiger partial charge in [-0.15, -0.1) is 0 Å². The molecule has 1 rings (SSSR count). The Morgan fingerprint density at radius 2 is 1.93 bits per heavy atom. The maximum Gasteiger partial charge on any atom is 0.129 e. The normalized spacial score (nSPS) is 10.8. The molecule has 0 aromatic heterocycles. The molecular formula is C14H18O. The van der Waals surface area contributed by atoms with Crippen LogP contribution in [0.4, 0.5) is 0 Å². The Bertz CT molecular complexity index is 333. The van der Waals surface area contributed by atoms with E-state index in [9.17, 15) is 4.79 Å². The molecule has 0 amide bonds. The zero-order chi connectivity index (χ0) is 11.1. The van der Waals surface area contributed by atoms with E-state index in [1.165, 1.54) is 11.1 Å². The van der Waals surface area contributed by atoms with Crippen LogP contribution in [-0.4, -0.2) is 5.78 Å². The highest BCUT2D eigenvalue weighted by molar-refractivity contribution is 5.75. The highest BCUT2D eigenvalue weighted by Gasteiger charge is 1.90. The van der Waals surface area contributed by atoms with E-state index in [0.717, 1.165) is 12.8 Å². The fourth-order valence-corrected chi connectivity index (χ4v) is 1.37. The van der Waals surface area contributed by atoms with E-state index in [1.807, 2.05) is 0 Å². The topological polar surface area (TPSA) is 17.1 Å². The van der Waals surface area contributed by atoms with Crippen molar-refractivity contribution in [2.45, 2.75) is 33.1 Å². The molecule has 0 spiro atoms. The lowest BCUT2D eigenvalue weighted by atomic mass is 10.1. The molecule has 0 aliphatic heterocycles. The van der Waals surface area contributed by atoms with Gasteiger partial charge in [-0.25, -0.2) is 0 Å². The maximum atomic E-state index is 10.7. The molecule has 0 saturated carbocycles. The minimum Gasteiger partial charge on any atom is -0.300 e. The zero-order valence-electron chi connectivity index (χ0n) is 9.49. The third-order valence-electron chi connectivity index (χ3n) is 2.29. The van der Waals surface area contributed by atoms with E-state index >= 15 is 0 Å². The summed E-state index contributed by atoms with van der Waals surface area (Å²) < 4.78 is 0. The minimum atomic E-state index is 0.277. The van der Waals surface area contributed by atoms with Crippen LogP contribution in [0.3, 0.4) is 0 Å². The minimum absolute atomic E-state index is 0.277. The van der Waals surface area contributed by atoms with Gasteiger partial charge in [0.15, 0.2) is 0 Å². The number of carbonyl (C=O) groups is 1. The quantitative estimate of drug-likeness (QED) is 0.664. The summed E-state index contributed by atoms with van der Waals surface area (Å²) in [7, 11) is 0. The number of rotatable bonds is 5. The predicted octanol–water partition coefficient (Wildman–Crippen LogP) is 3.77. The van der Waals surface area contributed by atoms with Crippen molar-refractivity contribution in [1.82, 2.24) is 0 Å². The zero-order valence-corrected chi connectivity index (χ0v) is 9.49. The van der Waals surface area contributed by atoms with E-state index in [1.54, 1.807) is 6.92 Å². The average molecular weight is 202 g/mol. The molecule has 1 nitrogen and oxygen atoms in total. The lowest BCUT2D eigenvalue weighted by Crippen LogP contribution is -1.87. The third kappa shape index (κ3) is 5.16. The molecule has 0 aliphatic rings. The van der Waals surface area contributed by atoms with Gasteiger partial charge < -0.3 is 4.79 Å². The largest absolute Gasteiger partial charge is 0.300 e. The number of benzene rings is 1. The number of Topliss-reactive ketones (excluding diaryl/α,β-unsaturated/α-hetero) is 1. The van der Waals surface area contributed by atoms with Gasteiger partial charge in [0.05, 0.1) is 0 Å². The molecule has 0 unspecified atom stereocenters.